The monoisotopic (exact) mass is 462 g/mol. The van der Waals surface area contributed by atoms with Gasteiger partial charge in [0.25, 0.3) is 0 Å². The molecule has 3 heterocycles. The largest absolute Gasteiger partial charge is 0.366 e. The van der Waals surface area contributed by atoms with Crippen LogP contribution in [0.25, 0.3) is 0 Å². The van der Waals surface area contributed by atoms with Crippen LogP contribution >= 0.6 is 0 Å². The molecule has 0 aromatic heterocycles. The third kappa shape index (κ3) is 3.96. The molecule has 6 rings (SSSR count). The van der Waals surface area contributed by atoms with Crippen LogP contribution in [-0.4, -0.2) is 73.6 Å². The molecule has 0 radical (unpaired) electrons. The molecule has 1 aliphatic carbocycles. The summed E-state index contributed by atoms with van der Waals surface area (Å²) in [6, 6.07) is 16.6. The zero-order valence-corrected chi connectivity index (χ0v) is 19.9. The van der Waals surface area contributed by atoms with E-state index in [9.17, 15) is 9.18 Å². The second-order valence-electron chi connectivity index (χ2n) is 10.4. The number of amides is 1. The van der Waals surface area contributed by atoms with Gasteiger partial charge in [0.05, 0.1) is 17.6 Å². The summed E-state index contributed by atoms with van der Waals surface area (Å²) in [4.78, 5) is 23.3. The summed E-state index contributed by atoms with van der Waals surface area (Å²) in [6.45, 7) is 5.76. The van der Waals surface area contributed by atoms with Crippen LogP contribution in [0.2, 0.25) is 0 Å². The van der Waals surface area contributed by atoms with E-state index >= 15 is 0 Å². The standard InChI is InChI=1S/C28H35FN4O/c29-24-10-4-6-12-26(24)30-13-15-31(16-14-30)28(34)23-19-21-7-1-5-11-25(21)33-18-17-32(20-27(23)33)22-8-2-3-9-22/h1,4-7,10-12,22-23,27H,2-3,8-9,13-20H2. The van der Waals surface area contributed by atoms with Crippen LogP contribution in [-0.2, 0) is 11.2 Å². The Bertz CT molecular complexity index is 1030. The van der Waals surface area contributed by atoms with Gasteiger partial charge in [-0.15, -0.1) is 0 Å². The van der Waals surface area contributed by atoms with Gasteiger partial charge in [0, 0.05) is 57.5 Å². The molecule has 2 saturated heterocycles. The normalized spacial score (nSPS) is 25.9. The maximum atomic E-state index is 14.3. The fourth-order valence-electron chi connectivity index (χ4n) is 6.78. The molecule has 4 aliphatic rings. The Balaban J connectivity index is 1.20. The first kappa shape index (κ1) is 21.9. The molecule has 2 aromatic carbocycles. The lowest BCUT2D eigenvalue weighted by atomic mass is 9.82. The van der Waals surface area contributed by atoms with Crippen LogP contribution in [0.4, 0.5) is 15.8 Å². The zero-order chi connectivity index (χ0) is 23.1. The first-order valence-corrected chi connectivity index (χ1v) is 13.1. The van der Waals surface area contributed by atoms with Crippen molar-refractivity contribution in [1.82, 2.24) is 9.80 Å². The summed E-state index contributed by atoms with van der Waals surface area (Å²) in [5.41, 5.74) is 3.27. The average Bonchev–Trinajstić information content (AvgIpc) is 3.43. The maximum Gasteiger partial charge on any atom is 0.228 e. The molecular weight excluding hydrogens is 427 g/mol. The quantitative estimate of drug-likeness (QED) is 0.695. The molecule has 3 aliphatic heterocycles. The van der Waals surface area contributed by atoms with Gasteiger partial charge < -0.3 is 14.7 Å². The summed E-state index contributed by atoms with van der Waals surface area (Å²) in [7, 11) is 0. The molecule has 180 valence electrons. The van der Waals surface area contributed by atoms with E-state index in [-0.39, 0.29) is 23.7 Å². The molecule has 1 saturated carbocycles. The van der Waals surface area contributed by atoms with Gasteiger partial charge in [-0.1, -0.05) is 43.2 Å². The fourth-order valence-corrected chi connectivity index (χ4v) is 6.78. The number of anilines is 2. The third-order valence-corrected chi connectivity index (χ3v) is 8.60. The van der Waals surface area contributed by atoms with Gasteiger partial charge in [-0.25, -0.2) is 4.39 Å². The molecule has 1 amide bonds. The number of nitrogens with zero attached hydrogens (tertiary/aromatic N) is 4. The van der Waals surface area contributed by atoms with E-state index in [1.807, 2.05) is 17.0 Å². The highest BCUT2D eigenvalue weighted by atomic mass is 19.1. The van der Waals surface area contributed by atoms with Gasteiger partial charge in [-0.2, -0.15) is 0 Å². The Morgan fingerprint density at radius 3 is 2.29 bits per heavy atom. The van der Waals surface area contributed by atoms with Crippen molar-refractivity contribution in [2.75, 3.05) is 55.6 Å². The van der Waals surface area contributed by atoms with Crippen LogP contribution in [0.3, 0.4) is 0 Å². The Morgan fingerprint density at radius 1 is 0.824 bits per heavy atom. The highest BCUT2D eigenvalue weighted by molar-refractivity contribution is 5.82. The van der Waals surface area contributed by atoms with Crippen molar-refractivity contribution in [1.29, 1.82) is 0 Å². The van der Waals surface area contributed by atoms with Crippen molar-refractivity contribution in [2.45, 2.75) is 44.2 Å². The SMILES string of the molecule is O=C(C1Cc2ccccc2N2CCN(C3CCCC3)CC12)N1CCN(c2ccccc2F)CC1. The van der Waals surface area contributed by atoms with Crippen molar-refractivity contribution in [3.05, 3.63) is 59.9 Å². The number of rotatable bonds is 3. The summed E-state index contributed by atoms with van der Waals surface area (Å²) in [6.07, 6.45) is 6.11. The number of carbonyl (C=O) groups excluding carboxylic acids is 1. The summed E-state index contributed by atoms with van der Waals surface area (Å²) >= 11 is 0. The molecule has 2 unspecified atom stereocenters. The molecule has 0 bridgehead atoms. The number of hydrogen-bond donors (Lipinski definition) is 0. The second-order valence-corrected chi connectivity index (χ2v) is 10.4. The van der Waals surface area contributed by atoms with Gasteiger partial charge >= 0.3 is 0 Å². The molecule has 0 N–H and O–H groups in total. The number of carbonyl (C=O) groups is 1. The van der Waals surface area contributed by atoms with E-state index in [0.29, 0.717) is 37.9 Å². The summed E-state index contributed by atoms with van der Waals surface area (Å²) in [5, 5.41) is 0. The van der Waals surface area contributed by atoms with Crippen LogP contribution in [0.5, 0.6) is 0 Å². The molecule has 5 nitrogen and oxygen atoms in total. The first-order valence-electron chi connectivity index (χ1n) is 13.1. The van der Waals surface area contributed by atoms with Crippen molar-refractivity contribution >= 4 is 17.3 Å². The van der Waals surface area contributed by atoms with Crippen LogP contribution < -0.4 is 9.80 Å². The van der Waals surface area contributed by atoms with Gasteiger partial charge in [-0.05, 0) is 43.0 Å². The van der Waals surface area contributed by atoms with Gasteiger partial charge in [0.2, 0.25) is 5.91 Å². The number of fused-ring (bicyclic) bond motifs is 3. The van der Waals surface area contributed by atoms with Gasteiger partial charge in [-0.3, -0.25) is 9.69 Å². The zero-order valence-electron chi connectivity index (χ0n) is 19.9. The van der Waals surface area contributed by atoms with Crippen LogP contribution in [0.1, 0.15) is 31.2 Å². The highest BCUT2D eigenvalue weighted by Gasteiger charge is 2.44. The van der Waals surface area contributed by atoms with Crippen molar-refractivity contribution in [3.8, 4) is 0 Å². The molecule has 0 spiro atoms. The highest BCUT2D eigenvalue weighted by Crippen LogP contribution is 2.38. The van der Waals surface area contributed by atoms with E-state index in [1.54, 1.807) is 6.07 Å². The molecule has 34 heavy (non-hydrogen) atoms. The number of halogens is 1. The van der Waals surface area contributed by atoms with Gasteiger partial charge in [0.15, 0.2) is 0 Å². The predicted octanol–water partition coefficient (Wildman–Crippen LogP) is 3.78. The van der Waals surface area contributed by atoms with Gasteiger partial charge in [0.1, 0.15) is 5.82 Å². The Hall–Kier alpha value is -2.60. The minimum atomic E-state index is -0.184. The number of benzene rings is 2. The number of hydrogen-bond acceptors (Lipinski definition) is 4. The lowest BCUT2D eigenvalue weighted by Gasteiger charge is -2.51. The van der Waals surface area contributed by atoms with Crippen molar-refractivity contribution in [3.63, 3.8) is 0 Å². The number of para-hydroxylation sites is 2. The lowest BCUT2D eigenvalue weighted by Crippen LogP contribution is -2.63. The smallest absolute Gasteiger partial charge is 0.228 e. The first-order chi connectivity index (χ1) is 16.7. The summed E-state index contributed by atoms with van der Waals surface area (Å²) in [5.74, 6) is 0.0843. The fraction of sp³-hybridized carbons (Fsp3) is 0.536. The lowest BCUT2D eigenvalue weighted by molar-refractivity contribution is -0.137. The molecule has 6 heteroatoms. The number of piperazine rings is 2. The van der Waals surface area contributed by atoms with E-state index in [2.05, 4.69) is 39.0 Å². The molecule has 3 fully saturated rings. The van der Waals surface area contributed by atoms with Crippen LogP contribution in [0.15, 0.2) is 48.5 Å². The van der Waals surface area contributed by atoms with Crippen molar-refractivity contribution < 1.29 is 9.18 Å². The Labute approximate surface area is 202 Å². The summed E-state index contributed by atoms with van der Waals surface area (Å²) < 4.78 is 14.3. The van der Waals surface area contributed by atoms with E-state index in [1.165, 1.54) is 43.0 Å². The Kier molecular flexibility index (Phi) is 5.94. The minimum absolute atomic E-state index is 0.0147. The van der Waals surface area contributed by atoms with Crippen LogP contribution in [0, 0.1) is 11.7 Å². The maximum absolute atomic E-state index is 14.3. The molecule has 2 aromatic rings. The van der Waals surface area contributed by atoms with E-state index in [4.69, 9.17) is 0 Å². The van der Waals surface area contributed by atoms with E-state index in [0.717, 1.165) is 26.1 Å². The molecular formula is C28H35FN4O. The predicted molar refractivity (Wildman–Crippen MR) is 134 cm³/mol. The van der Waals surface area contributed by atoms with Crippen molar-refractivity contribution in [2.24, 2.45) is 5.92 Å². The minimum Gasteiger partial charge on any atom is -0.366 e. The Morgan fingerprint density at radius 2 is 1.53 bits per heavy atom. The average molecular weight is 463 g/mol. The third-order valence-electron chi connectivity index (χ3n) is 8.60. The second kappa shape index (κ2) is 9.21. The topological polar surface area (TPSA) is 30.0 Å². The van der Waals surface area contributed by atoms with E-state index < -0.39 is 0 Å². The molecule has 2 atom stereocenters.